The van der Waals surface area contributed by atoms with Gasteiger partial charge in [0.2, 0.25) is 0 Å². The fourth-order valence-electron chi connectivity index (χ4n) is 2.74. The molecule has 0 aliphatic carbocycles. The first kappa shape index (κ1) is 17.6. The number of carboxylic acids is 2. The number of hydrogen-bond acceptors (Lipinski definition) is 5. The van der Waals surface area contributed by atoms with Crippen LogP contribution in [-0.4, -0.2) is 49.2 Å². The minimum absolute atomic E-state index is 0.141. The number of aliphatic carboxylic acids is 2. The van der Waals surface area contributed by atoms with Crippen LogP contribution in [0.1, 0.15) is 11.3 Å². The Morgan fingerprint density at radius 3 is 2.38 bits per heavy atom. The number of carboxylic acid groups (broad SMARTS) is 2. The van der Waals surface area contributed by atoms with Gasteiger partial charge in [-0.2, -0.15) is 0 Å². The maximum atomic E-state index is 11.6. The topological polar surface area (TPSA) is 143 Å². The average molecular weight is 357 g/mol. The quantitative estimate of drug-likeness (QED) is 0.309. The van der Waals surface area contributed by atoms with Crippen LogP contribution in [-0.2, 0) is 22.4 Å². The minimum atomic E-state index is -1.09. The lowest BCUT2D eigenvalue weighted by Gasteiger charge is -2.19. The number of hydrazine groups is 1. The van der Waals surface area contributed by atoms with Gasteiger partial charge >= 0.3 is 11.9 Å². The molecule has 0 saturated carbocycles. The van der Waals surface area contributed by atoms with Crippen LogP contribution in [0.4, 0.5) is 0 Å². The summed E-state index contributed by atoms with van der Waals surface area (Å²) in [7, 11) is 0. The summed E-state index contributed by atoms with van der Waals surface area (Å²) in [5.74, 6) is -2.17. The number of rotatable bonds is 9. The Morgan fingerprint density at radius 2 is 1.73 bits per heavy atom. The van der Waals surface area contributed by atoms with E-state index in [1.807, 2.05) is 24.3 Å². The fourth-order valence-corrected chi connectivity index (χ4v) is 2.74. The van der Waals surface area contributed by atoms with Gasteiger partial charge < -0.3 is 20.2 Å². The van der Waals surface area contributed by atoms with E-state index in [4.69, 9.17) is 0 Å². The third-order valence-corrected chi connectivity index (χ3v) is 4.11. The van der Waals surface area contributed by atoms with Crippen molar-refractivity contribution < 1.29 is 19.8 Å². The predicted molar refractivity (Wildman–Crippen MR) is 93.4 cm³/mol. The molecule has 2 atom stereocenters. The standard InChI is InChI=1S/C17H19N5O4/c23-16(24)14(5-10-7-19-13-4-2-1-3-12(10)13)21-22-15(17(25)26)6-11-8-18-9-20-11/h1-4,7-9,14-15,19,21-22H,5-6H2,(H,18,20)(H,23,24)(H,25,26)/t14-,15-/m0/s1. The summed E-state index contributed by atoms with van der Waals surface area (Å²) in [6.45, 7) is 0. The number of H-pyrrole nitrogens is 2. The molecule has 0 spiro atoms. The molecular weight excluding hydrogens is 338 g/mol. The van der Waals surface area contributed by atoms with Crippen LogP contribution in [0.15, 0.2) is 43.0 Å². The second kappa shape index (κ2) is 7.81. The Hall–Kier alpha value is -3.17. The molecule has 3 aromatic rings. The van der Waals surface area contributed by atoms with Crippen molar-refractivity contribution in [2.45, 2.75) is 24.9 Å². The van der Waals surface area contributed by atoms with Gasteiger partial charge in [0, 0.05) is 41.8 Å². The van der Waals surface area contributed by atoms with E-state index in [1.165, 1.54) is 12.5 Å². The first-order valence-electron chi connectivity index (χ1n) is 8.03. The molecule has 0 saturated heterocycles. The van der Waals surface area contributed by atoms with Gasteiger partial charge in [0.1, 0.15) is 12.1 Å². The van der Waals surface area contributed by atoms with Crippen molar-refractivity contribution in [2.75, 3.05) is 0 Å². The van der Waals surface area contributed by atoms with Crippen LogP contribution in [0.25, 0.3) is 10.9 Å². The largest absolute Gasteiger partial charge is 0.480 e. The summed E-state index contributed by atoms with van der Waals surface area (Å²) >= 11 is 0. The number of aromatic nitrogens is 3. The van der Waals surface area contributed by atoms with E-state index < -0.39 is 24.0 Å². The number of carbonyl (C=O) groups is 2. The van der Waals surface area contributed by atoms with Crippen molar-refractivity contribution in [3.05, 3.63) is 54.2 Å². The molecule has 2 aromatic heterocycles. The van der Waals surface area contributed by atoms with Crippen molar-refractivity contribution in [3.8, 4) is 0 Å². The van der Waals surface area contributed by atoms with Gasteiger partial charge in [-0.05, 0) is 11.6 Å². The second-order valence-corrected chi connectivity index (χ2v) is 5.91. The Kier molecular flexibility index (Phi) is 5.30. The first-order valence-corrected chi connectivity index (χ1v) is 8.03. The van der Waals surface area contributed by atoms with Crippen molar-refractivity contribution in [2.24, 2.45) is 0 Å². The highest BCUT2D eigenvalue weighted by atomic mass is 16.4. The van der Waals surface area contributed by atoms with E-state index in [-0.39, 0.29) is 12.8 Å². The monoisotopic (exact) mass is 357 g/mol. The number of para-hydroxylation sites is 1. The van der Waals surface area contributed by atoms with E-state index in [0.29, 0.717) is 5.69 Å². The molecule has 0 aliphatic rings. The van der Waals surface area contributed by atoms with Crippen LogP contribution in [0.3, 0.4) is 0 Å². The molecule has 9 nitrogen and oxygen atoms in total. The summed E-state index contributed by atoms with van der Waals surface area (Å²) in [4.78, 5) is 32.8. The smallest absolute Gasteiger partial charge is 0.322 e. The van der Waals surface area contributed by atoms with E-state index in [0.717, 1.165) is 16.5 Å². The van der Waals surface area contributed by atoms with E-state index in [9.17, 15) is 19.8 Å². The van der Waals surface area contributed by atoms with Gasteiger partial charge in [0.15, 0.2) is 0 Å². The first-order chi connectivity index (χ1) is 12.5. The minimum Gasteiger partial charge on any atom is -0.480 e. The Balaban J connectivity index is 1.67. The molecule has 0 fully saturated rings. The van der Waals surface area contributed by atoms with Gasteiger partial charge in [-0.15, -0.1) is 0 Å². The normalized spacial score (nSPS) is 13.5. The maximum Gasteiger partial charge on any atom is 0.322 e. The van der Waals surface area contributed by atoms with Crippen LogP contribution in [0, 0.1) is 0 Å². The zero-order valence-electron chi connectivity index (χ0n) is 13.8. The number of nitrogens with zero attached hydrogens (tertiary/aromatic N) is 1. The summed E-state index contributed by atoms with van der Waals surface area (Å²) in [6.07, 6.45) is 5.09. The highest BCUT2D eigenvalue weighted by Gasteiger charge is 2.24. The number of benzene rings is 1. The molecule has 3 rings (SSSR count). The van der Waals surface area contributed by atoms with Gasteiger partial charge in [0.05, 0.1) is 6.33 Å². The molecule has 0 amide bonds. The van der Waals surface area contributed by atoms with Crippen LogP contribution in [0.5, 0.6) is 0 Å². The molecule has 0 bridgehead atoms. The van der Waals surface area contributed by atoms with Crippen LogP contribution in [0.2, 0.25) is 0 Å². The summed E-state index contributed by atoms with van der Waals surface area (Å²) < 4.78 is 0. The Labute approximate surface area is 148 Å². The lowest BCUT2D eigenvalue weighted by atomic mass is 10.1. The number of aromatic amines is 2. The molecule has 136 valence electrons. The van der Waals surface area contributed by atoms with Crippen LogP contribution < -0.4 is 10.9 Å². The molecule has 1 aromatic carbocycles. The second-order valence-electron chi connectivity index (χ2n) is 5.91. The van der Waals surface area contributed by atoms with E-state index >= 15 is 0 Å². The Bertz CT molecular complexity index is 890. The summed E-state index contributed by atoms with van der Waals surface area (Å²) in [5.41, 5.74) is 7.64. The molecule has 0 unspecified atom stereocenters. The number of fused-ring (bicyclic) bond motifs is 1. The zero-order valence-corrected chi connectivity index (χ0v) is 13.8. The SMILES string of the molecule is O=C(O)[C@H](Cc1cnc[nH]1)NN[C@@H](Cc1c[nH]c2ccccc12)C(=O)O. The number of nitrogens with one attached hydrogen (secondary N) is 4. The van der Waals surface area contributed by atoms with Crippen molar-refractivity contribution >= 4 is 22.8 Å². The van der Waals surface area contributed by atoms with E-state index in [2.05, 4.69) is 25.8 Å². The summed E-state index contributed by atoms with van der Waals surface area (Å²) in [6, 6.07) is 5.60. The highest BCUT2D eigenvalue weighted by molar-refractivity contribution is 5.84. The van der Waals surface area contributed by atoms with Gasteiger partial charge in [-0.1, -0.05) is 18.2 Å². The maximum absolute atomic E-state index is 11.6. The number of imidazole rings is 1. The molecule has 0 aliphatic heterocycles. The van der Waals surface area contributed by atoms with E-state index in [1.54, 1.807) is 6.20 Å². The zero-order chi connectivity index (χ0) is 18.5. The van der Waals surface area contributed by atoms with Gasteiger partial charge in [-0.25, -0.2) is 15.8 Å². The fraction of sp³-hybridized carbons (Fsp3) is 0.235. The van der Waals surface area contributed by atoms with Crippen LogP contribution >= 0.6 is 0 Å². The molecule has 0 radical (unpaired) electrons. The molecule has 6 N–H and O–H groups in total. The van der Waals surface area contributed by atoms with Crippen molar-refractivity contribution in [1.82, 2.24) is 25.8 Å². The number of hydrogen-bond donors (Lipinski definition) is 6. The lowest BCUT2D eigenvalue weighted by molar-refractivity contribution is -0.143. The molecular formula is C17H19N5O4. The average Bonchev–Trinajstić information content (AvgIpc) is 3.26. The van der Waals surface area contributed by atoms with Crippen molar-refractivity contribution in [3.63, 3.8) is 0 Å². The highest BCUT2D eigenvalue weighted by Crippen LogP contribution is 2.19. The molecule has 2 heterocycles. The van der Waals surface area contributed by atoms with Crippen molar-refractivity contribution in [1.29, 1.82) is 0 Å². The third-order valence-electron chi connectivity index (χ3n) is 4.11. The lowest BCUT2D eigenvalue weighted by Crippen LogP contribution is -2.54. The third kappa shape index (κ3) is 4.08. The predicted octanol–water partition coefficient (Wildman–Crippen LogP) is 0.677. The van der Waals surface area contributed by atoms with Gasteiger partial charge in [-0.3, -0.25) is 9.59 Å². The summed E-state index contributed by atoms with van der Waals surface area (Å²) in [5, 5.41) is 19.7. The Morgan fingerprint density at radius 1 is 1.04 bits per heavy atom. The molecule has 9 heteroatoms. The van der Waals surface area contributed by atoms with Gasteiger partial charge in [0.25, 0.3) is 0 Å². The molecule has 26 heavy (non-hydrogen) atoms.